The van der Waals surface area contributed by atoms with Crippen molar-refractivity contribution in [1.29, 1.82) is 0 Å². The molecule has 3 aliphatic heterocycles. The Balaban J connectivity index is 1.18. The Bertz CT molecular complexity index is 1290. The molecule has 1 aromatic heterocycles. The van der Waals surface area contributed by atoms with E-state index in [-0.39, 0.29) is 37.2 Å². The van der Waals surface area contributed by atoms with Crippen LogP contribution in [0.3, 0.4) is 0 Å². The van der Waals surface area contributed by atoms with Gasteiger partial charge in [-0.25, -0.2) is 0 Å². The van der Waals surface area contributed by atoms with E-state index in [9.17, 15) is 28.2 Å². The minimum atomic E-state index is -4.48. The van der Waals surface area contributed by atoms with Crippen LogP contribution in [0.5, 0.6) is 11.5 Å². The molecule has 2 aliphatic carbocycles. The normalized spacial score (nSPS) is 32.1. The number of nitrogens with zero attached hydrogens (tertiary/aromatic N) is 4. The number of carbonyl (C=O) groups is 1. The average molecular weight is 533 g/mol. The van der Waals surface area contributed by atoms with E-state index in [0.29, 0.717) is 37.5 Å². The van der Waals surface area contributed by atoms with Crippen LogP contribution in [0.2, 0.25) is 0 Å². The zero-order valence-corrected chi connectivity index (χ0v) is 21.0. The number of halogens is 3. The summed E-state index contributed by atoms with van der Waals surface area (Å²) in [6.45, 7) is 2.39. The molecule has 1 saturated carbocycles. The molecule has 38 heavy (non-hydrogen) atoms. The highest BCUT2D eigenvalue weighted by Crippen LogP contribution is 2.63. The van der Waals surface area contributed by atoms with Crippen molar-refractivity contribution in [3.05, 3.63) is 41.2 Å². The van der Waals surface area contributed by atoms with E-state index in [1.807, 2.05) is 6.07 Å². The number of rotatable bonds is 5. The molecular formula is C27H31F3N4O4. The number of phenols is 1. The fourth-order valence-electron chi connectivity index (χ4n) is 7.63. The lowest BCUT2D eigenvalue weighted by Crippen LogP contribution is -2.74. The quantitative estimate of drug-likeness (QED) is 0.616. The van der Waals surface area contributed by atoms with E-state index in [1.165, 1.54) is 12.8 Å². The Labute approximate surface area is 218 Å². The summed E-state index contributed by atoms with van der Waals surface area (Å²) in [6.07, 6.45) is 0.801. The molecule has 2 aromatic rings. The van der Waals surface area contributed by atoms with E-state index < -0.39 is 28.9 Å². The van der Waals surface area contributed by atoms with Crippen molar-refractivity contribution in [2.45, 2.75) is 74.4 Å². The molecule has 204 valence electrons. The molecule has 0 radical (unpaired) electrons. The van der Waals surface area contributed by atoms with Gasteiger partial charge in [-0.2, -0.15) is 18.3 Å². The molecule has 5 aliphatic rings. The number of benzene rings is 1. The van der Waals surface area contributed by atoms with Crippen LogP contribution in [0, 0.1) is 5.92 Å². The number of ether oxygens (including phenoxy) is 1. The van der Waals surface area contributed by atoms with Gasteiger partial charge >= 0.3 is 6.18 Å². The number of hydrogen-bond donors (Lipinski definition) is 2. The minimum absolute atomic E-state index is 0.0161. The fourth-order valence-corrected chi connectivity index (χ4v) is 7.63. The average Bonchev–Trinajstić information content (AvgIpc) is 3.46. The zero-order chi connectivity index (χ0) is 26.4. The third-order valence-electron chi connectivity index (χ3n) is 9.66. The first-order valence-electron chi connectivity index (χ1n) is 13.5. The van der Waals surface area contributed by atoms with E-state index in [1.54, 1.807) is 11.0 Å². The number of piperidine rings is 1. The standard InChI is InChI=1S/C27H31F3N4O4/c28-27(29,30)18-12-31-34(14-18)8-5-22(36)33-10-7-26(37)20-11-17-3-4-19(35)24-23(17)25(26,21(15-33)38-24)6-9-32(20)13-16-1-2-16/h3-4,12,14,16,20-21,35,37H,1-2,5-11,13,15H2/t20-,21+,25-,26-/m1/s1. The third-order valence-corrected chi connectivity index (χ3v) is 9.66. The van der Waals surface area contributed by atoms with Crippen LogP contribution >= 0.6 is 0 Å². The summed E-state index contributed by atoms with van der Waals surface area (Å²) in [5.74, 6) is 0.917. The molecule has 0 unspecified atom stereocenters. The number of amides is 1. The fraction of sp³-hybridized carbons (Fsp3) is 0.630. The molecule has 2 N–H and O–H groups in total. The van der Waals surface area contributed by atoms with Crippen molar-refractivity contribution in [3.8, 4) is 11.5 Å². The van der Waals surface area contributed by atoms with Crippen molar-refractivity contribution in [2.75, 3.05) is 26.2 Å². The first-order chi connectivity index (χ1) is 18.1. The van der Waals surface area contributed by atoms with Crippen LogP contribution in [-0.4, -0.2) is 79.6 Å². The summed E-state index contributed by atoms with van der Waals surface area (Å²) >= 11 is 0. The number of aryl methyl sites for hydroxylation is 1. The van der Waals surface area contributed by atoms with Crippen LogP contribution in [-0.2, 0) is 29.4 Å². The summed E-state index contributed by atoms with van der Waals surface area (Å²) in [5, 5.41) is 27.1. The lowest BCUT2D eigenvalue weighted by Gasteiger charge is -2.60. The molecule has 2 saturated heterocycles. The monoisotopic (exact) mass is 532 g/mol. The Morgan fingerprint density at radius 1 is 1.21 bits per heavy atom. The number of aliphatic hydroxyl groups is 1. The van der Waals surface area contributed by atoms with Crippen LogP contribution < -0.4 is 4.74 Å². The lowest BCUT2D eigenvalue weighted by atomic mass is 9.52. The molecule has 2 bridgehead atoms. The lowest BCUT2D eigenvalue weighted by molar-refractivity contribution is -0.162. The van der Waals surface area contributed by atoms with E-state index in [4.69, 9.17) is 4.74 Å². The van der Waals surface area contributed by atoms with Gasteiger partial charge in [-0.3, -0.25) is 14.4 Å². The molecule has 8 nitrogen and oxygen atoms in total. The summed E-state index contributed by atoms with van der Waals surface area (Å²) < 4.78 is 46.3. The number of aromatic hydroxyl groups is 1. The smallest absolute Gasteiger partial charge is 0.419 e. The second-order valence-electron chi connectivity index (χ2n) is 11.7. The maximum absolute atomic E-state index is 13.3. The van der Waals surface area contributed by atoms with Gasteiger partial charge in [0.2, 0.25) is 5.91 Å². The van der Waals surface area contributed by atoms with Gasteiger partial charge in [0.25, 0.3) is 0 Å². The predicted octanol–water partition coefficient (Wildman–Crippen LogP) is 2.70. The number of carbonyl (C=O) groups excluding carboxylic acids is 1. The van der Waals surface area contributed by atoms with Crippen LogP contribution in [0.1, 0.15) is 48.8 Å². The predicted molar refractivity (Wildman–Crippen MR) is 129 cm³/mol. The molecule has 1 amide bonds. The molecule has 11 heteroatoms. The topological polar surface area (TPSA) is 91.1 Å². The second kappa shape index (κ2) is 8.11. The number of likely N-dealkylation sites (tertiary alicyclic amines) is 2. The highest BCUT2D eigenvalue weighted by molar-refractivity contribution is 5.76. The van der Waals surface area contributed by atoms with E-state index in [0.717, 1.165) is 41.3 Å². The van der Waals surface area contributed by atoms with E-state index in [2.05, 4.69) is 10.00 Å². The van der Waals surface area contributed by atoms with Gasteiger partial charge in [-0.05, 0) is 56.2 Å². The van der Waals surface area contributed by atoms with Crippen molar-refractivity contribution in [3.63, 3.8) is 0 Å². The van der Waals surface area contributed by atoms with Gasteiger partial charge < -0.3 is 19.8 Å². The van der Waals surface area contributed by atoms with Gasteiger partial charge in [-0.15, -0.1) is 0 Å². The van der Waals surface area contributed by atoms with Crippen LogP contribution in [0.4, 0.5) is 13.2 Å². The molecule has 1 aromatic carbocycles. The maximum atomic E-state index is 13.3. The molecule has 4 heterocycles. The summed E-state index contributed by atoms with van der Waals surface area (Å²) in [7, 11) is 0. The number of aromatic nitrogens is 2. The number of alkyl halides is 3. The Hall–Kier alpha value is -2.79. The van der Waals surface area contributed by atoms with Crippen molar-refractivity contribution >= 4 is 5.91 Å². The van der Waals surface area contributed by atoms with Crippen molar-refractivity contribution in [1.82, 2.24) is 19.6 Å². The Morgan fingerprint density at radius 2 is 2.03 bits per heavy atom. The summed E-state index contributed by atoms with van der Waals surface area (Å²) in [4.78, 5) is 17.4. The molecule has 1 spiro atoms. The van der Waals surface area contributed by atoms with Gasteiger partial charge in [0.1, 0.15) is 6.10 Å². The third kappa shape index (κ3) is 3.43. The molecular weight excluding hydrogens is 501 g/mol. The van der Waals surface area contributed by atoms with Gasteiger partial charge in [0.05, 0.1) is 29.3 Å². The first kappa shape index (κ1) is 24.3. The summed E-state index contributed by atoms with van der Waals surface area (Å²) in [6, 6.07) is 3.50. The van der Waals surface area contributed by atoms with Gasteiger partial charge in [0, 0.05) is 43.9 Å². The second-order valence-corrected chi connectivity index (χ2v) is 11.7. The van der Waals surface area contributed by atoms with E-state index >= 15 is 0 Å². The van der Waals surface area contributed by atoms with Crippen molar-refractivity contribution < 1.29 is 32.9 Å². The molecule has 7 rings (SSSR count). The highest BCUT2D eigenvalue weighted by atomic mass is 19.4. The minimum Gasteiger partial charge on any atom is -0.504 e. The first-order valence-corrected chi connectivity index (χ1v) is 13.5. The van der Waals surface area contributed by atoms with Crippen LogP contribution in [0.15, 0.2) is 24.5 Å². The molecule has 4 atom stereocenters. The van der Waals surface area contributed by atoms with Gasteiger partial charge in [0.15, 0.2) is 11.5 Å². The largest absolute Gasteiger partial charge is 0.504 e. The zero-order valence-electron chi connectivity index (χ0n) is 21.0. The number of hydrogen-bond acceptors (Lipinski definition) is 6. The summed E-state index contributed by atoms with van der Waals surface area (Å²) in [5.41, 5.74) is -0.707. The number of phenolic OH excluding ortho intramolecular Hbond substituents is 1. The van der Waals surface area contributed by atoms with Crippen LogP contribution in [0.25, 0.3) is 0 Å². The highest BCUT2D eigenvalue weighted by Gasteiger charge is 2.71. The van der Waals surface area contributed by atoms with Crippen molar-refractivity contribution in [2.24, 2.45) is 5.92 Å². The van der Waals surface area contributed by atoms with Gasteiger partial charge in [-0.1, -0.05) is 6.07 Å². The Morgan fingerprint density at radius 3 is 2.76 bits per heavy atom. The molecule has 3 fully saturated rings. The maximum Gasteiger partial charge on any atom is 0.419 e. The SMILES string of the molecule is O=C(CCn1cc(C(F)(F)F)cn1)N1CC[C@@]2(O)[C@H]3Cc4ccc(O)c5c4[C@@]2(CCN3CC2CC2)[C@H](C1)O5. The Kier molecular flexibility index (Phi) is 5.18.